The molecule has 1 saturated heterocycles. The molecule has 0 saturated carbocycles. The Bertz CT molecular complexity index is 1110. The number of anilines is 1. The van der Waals surface area contributed by atoms with Crippen molar-refractivity contribution in [1.82, 2.24) is 9.88 Å². The summed E-state index contributed by atoms with van der Waals surface area (Å²) < 4.78 is 12.3. The average Bonchev–Trinajstić information content (AvgIpc) is 3.29. The van der Waals surface area contributed by atoms with Crippen LogP contribution in [-0.4, -0.2) is 61.8 Å². The van der Waals surface area contributed by atoms with E-state index in [2.05, 4.69) is 11.8 Å². The topological polar surface area (TPSA) is 54.9 Å². The van der Waals surface area contributed by atoms with Crippen molar-refractivity contribution in [2.24, 2.45) is 0 Å². The minimum absolute atomic E-state index is 0.0641. The van der Waals surface area contributed by atoms with E-state index in [9.17, 15) is 4.79 Å². The van der Waals surface area contributed by atoms with Crippen molar-refractivity contribution >= 4 is 44.2 Å². The lowest BCUT2D eigenvalue weighted by Crippen LogP contribution is -2.39. The highest BCUT2D eigenvalue weighted by Crippen LogP contribution is 2.34. The predicted molar refractivity (Wildman–Crippen MR) is 140 cm³/mol. The highest BCUT2D eigenvalue weighted by atomic mass is 35.5. The van der Waals surface area contributed by atoms with Gasteiger partial charge in [-0.15, -0.1) is 0 Å². The third-order valence-electron chi connectivity index (χ3n) is 6.02. The molecule has 0 radical (unpaired) electrons. The Kier molecular flexibility index (Phi) is 8.78. The fourth-order valence-electron chi connectivity index (χ4n) is 3.97. The largest absolute Gasteiger partial charge is 0.494 e. The third kappa shape index (κ3) is 6.08. The number of nitrogens with zero attached hydrogens (tertiary/aromatic N) is 3. The Labute approximate surface area is 210 Å². The number of amides is 1. The van der Waals surface area contributed by atoms with Gasteiger partial charge in [0.15, 0.2) is 5.13 Å². The molecule has 4 rings (SSSR count). The monoisotopic (exact) mass is 501 g/mol. The Morgan fingerprint density at radius 2 is 2.06 bits per heavy atom. The van der Waals surface area contributed by atoms with Crippen LogP contribution in [0.5, 0.6) is 5.75 Å². The van der Waals surface area contributed by atoms with Gasteiger partial charge in [-0.2, -0.15) is 0 Å². The summed E-state index contributed by atoms with van der Waals surface area (Å²) in [6.07, 6.45) is 2.91. The number of unbranched alkanes of at least 4 members (excludes halogenated alkanes) is 1. The first-order valence-electron chi connectivity index (χ1n) is 12.0. The number of hydrogen-bond acceptors (Lipinski definition) is 6. The van der Waals surface area contributed by atoms with Crippen molar-refractivity contribution in [2.45, 2.75) is 33.1 Å². The first-order chi connectivity index (χ1) is 16.6. The lowest BCUT2D eigenvalue weighted by Gasteiger charge is -2.27. The summed E-state index contributed by atoms with van der Waals surface area (Å²) in [6, 6.07) is 11.3. The van der Waals surface area contributed by atoms with E-state index in [-0.39, 0.29) is 5.91 Å². The molecule has 1 fully saturated rings. The second-order valence-corrected chi connectivity index (χ2v) is 9.93. The van der Waals surface area contributed by atoms with Crippen LogP contribution in [0.4, 0.5) is 5.13 Å². The zero-order valence-corrected chi connectivity index (χ0v) is 21.5. The van der Waals surface area contributed by atoms with Gasteiger partial charge in [-0.3, -0.25) is 14.6 Å². The van der Waals surface area contributed by atoms with E-state index in [1.165, 1.54) is 11.3 Å². The lowest BCUT2D eigenvalue weighted by atomic mass is 10.2. The van der Waals surface area contributed by atoms with Gasteiger partial charge in [-0.25, -0.2) is 4.98 Å². The maximum atomic E-state index is 13.7. The molecule has 0 bridgehead atoms. The number of hydrogen-bond donors (Lipinski definition) is 0. The summed E-state index contributed by atoms with van der Waals surface area (Å²) >= 11 is 7.86. The maximum absolute atomic E-state index is 13.7. The van der Waals surface area contributed by atoms with Crippen LogP contribution in [0.25, 0.3) is 10.2 Å². The number of carbonyl (C=O) groups excluding carboxylic acids is 1. The van der Waals surface area contributed by atoms with Crippen LogP contribution in [0.2, 0.25) is 5.02 Å². The van der Waals surface area contributed by atoms with Crippen molar-refractivity contribution in [3.63, 3.8) is 0 Å². The fraction of sp³-hybridized carbons (Fsp3) is 0.462. The number of aromatic nitrogens is 1. The van der Waals surface area contributed by atoms with Gasteiger partial charge in [0.05, 0.1) is 30.0 Å². The number of thiazole rings is 1. The van der Waals surface area contributed by atoms with Crippen molar-refractivity contribution in [3.8, 4) is 5.75 Å². The molecule has 1 amide bonds. The molecular weight excluding hydrogens is 470 g/mol. The number of benzene rings is 2. The number of morpholine rings is 1. The number of halogens is 1. The summed E-state index contributed by atoms with van der Waals surface area (Å²) in [5.41, 5.74) is 2.40. The lowest BCUT2D eigenvalue weighted by molar-refractivity contribution is 0.0376. The molecule has 2 aromatic carbocycles. The van der Waals surface area contributed by atoms with Gasteiger partial charge in [0.2, 0.25) is 0 Å². The number of fused-ring (bicyclic) bond motifs is 1. The minimum Gasteiger partial charge on any atom is -0.494 e. The SMILES string of the molecule is CCCCOc1cccc(C(=O)N(CCCN2CCOCC2)c2nc3c(C)c(Cl)ccc3s2)c1. The van der Waals surface area contributed by atoms with Crippen LogP contribution < -0.4 is 9.64 Å². The molecule has 3 aromatic rings. The van der Waals surface area contributed by atoms with Crippen LogP contribution in [0, 0.1) is 6.92 Å². The molecule has 0 aliphatic carbocycles. The average molecular weight is 502 g/mol. The highest BCUT2D eigenvalue weighted by Gasteiger charge is 2.23. The van der Waals surface area contributed by atoms with E-state index in [0.29, 0.717) is 28.9 Å². The summed E-state index contributed by atoms with van der Waals surface area (Å²) in [4.78, 5) is 22.8. The molecule has 182 valence electrons. The van der Waals surface area contributed by atoms with Gasteiger partial charge in [-0.1, -0.05) is 42.3 Å². The summed E-state index contributed by atoms with van der Waals surface area (Å²) in [7, 11) is 0. The molecule has 2 heterocycles. The zero-order valence-electron chi connectivity index (χ0n) is 19.9. The van der Waals surface area contributed by atoms with Gasteiger partial charge < -0.3 is 9.47 Å². The van der Waals surface area contributed by atoms with Gasteiger partial charge >= 0.3 is 0 Å². The molecular formula is C26H32ClN3O3S. The second-order valence-electron chi connectivity index (χ2n) is 8.51. The Morgan fingerprint density at radius 1 is 1.24 bits per heavy atom. The standard InChI is InChI=1S/C26H32ClN3O3S/c1-3-4-15-33-21-8-5-7-20(18-21)25(31)30(12-6-11-29-13-16-32-17-14-29)26-28-24-19(2)22(27)9-10-23(24)34-26/h5,7-10,18H,3-4,6,11-17H2,1-2H3. The molecule has 34 heavy (non-hydrogen) atoms. The van der Waals surface area contributed by atoms with Gasteiger partial charge in [0.25, 0.3) is 5.91 Å². The number of ether oxygens (including phenoxy) is 2. The van der Waals surface area contributed by atoms with E-state index in [1.807, 2.05) is 48.2 Å². The Balaban J connectivity index is 1.57. The van der Waals surface area contributed by atoms with E-state index in [1.54, 1.807) is 0 Å². The summed E-state index contributed by atoms with van der Waals surface area (Å²) in [6.45, 7) is 9.66. The number of rotatable bonds is 10. The first-order valence-corrected chi connectivity index (χ1v) is 13.2. The molecule has 0 spiro atoms. The van der Waals surface area contributed by atoms with Gasteiger partial charge in [-0.05, 0) is 55.7 Å². The predicted octanol–water partition coefficient (Wildman–Crippen LogP) is 5.81. The normalized spacial score (nSPS) is 14.4. The van der Waals surface area contributed by atoms with Crippen LogP contribution in [0.3, 0.4) is 0 Å². The third-order valence-corrected chi connectivity index (χ3v) is 7.47. The molecule has 0 unspecified atom stereocenters. The smallest absolute Gasteiger partial charge is 0.260 e. The molecule has 8 heteroatoms. The van der Waals surface area contributed by atoms with Gasteiger partial charge in [0, 0.05) is 36.8 Å². The molecule has 0 N–H and O–H groups in total. The van der Waals surface area contributed by atoms with Crippen LogP contribution >= 0.6 is 22.9 Å². The Morgan fingerprint density at radius 3 is 2.85 bits per heavy atom. The summed E-state index contributed by atoms with van der Waals surface area (Å²) in [5.74, 6) is 0.658. The number of carbonyl (C=O) groups is 1. The first kappa shape index (κ1) is 24.9. The highest BCUT2D eigenvalue weighted by molar-refractivity contribution is 7.22. The van der Waals surface area contributed by atoms with E-state index in [0.717, 1.165) is 73.6 Å². The quantitative estimate of drug-likeness (QED) is 0.328. The number of aryl methyl sites for hydroxylation is 1. The molecule has 1 aliphatic heterocycles. The van der Waals surface area contributed by atoms with Crippen molar-refractivity contribution in [1.29, 1.82) is 0 Å². The minimum atomic E-state index is -0.0641. The summed E-state index contributed by atoms with van der Waals surface area (Å²) in [5, 5.41) is 1.39. The van der Waals surface area contributed by atoms with Gasteiger partial charge in [0.1, 0.15) is 5.75 Å². The van der Waals surface area contributed by atoms with E-state index >= 15 is 0 Å². The van der Waals surface area contributed by atoms with E-state index < -0.39 is 0 Å². The second kappa shape index (κ2) is 12.0. The molecule has 0 atom stereocenters. The maximum Gasteiger partial charge on any atom is 0.260 e. The van der Waals surface area contributed by atoms with Crippen LogP contribution in [0.15, 0.2) is 36.4 Å². The Hall–Kier alpha value is -2.19. The fourth-order valence-corrected chi connectivity index (χ4v) is 5.18. The molecule has 1 aliphatic rings. The molecule has 1 aromatic heterocycles. The van der Waals surface area contributed by atoms with Crippen molar-refractivity contribution < 1.29 is 14.3 Å². The van der Waals surface area contributed by atoms with Crippen molar-refractivity contribution in [2.75, 3.05) is 50.9 Å². The van der Waals surface area contributed by atoms with E-state index in [4.69, 9.17) is 26.1 Å². The molecule has 6 nitrogen and oxygen atoms in total. The van der Waals surface area contributed by atoms with Crippen LogP contribution in [0.1, 0.15) is 42.1 Å². The van der Waals surface area contributed by atoms with Crippen molar-refractivity contribution in [3.05, 3.63) is 52.5 Å². The zero-order chi connectivity index (χ0) is 23.9. The van der Waals surface area contributed by atoms with Crippen LogP contribution in [-0.2, 0) is 4.74 Å².